The van der Waals surface area contributed by atoms with E-state index in [2.05, 4.69) is 10.3 Å². The van der Waals surface area contributed by atoms with E-state index in [0.29, 0.717) is 30.0 Å². The summed E-state index contributed by atoms with van der Waals surface area (Å²) < 4.78 is 6.63. The van der Waals surface area contributed by atoms with Crippen molar-refractivity contribution in [1.82, 2.24) is 14.5 Å². The summed E-state index contributed by atoms with van der Waals surface area (Å²) in [6, 6.07) is 6.55. The molecular formula is C21H24N4O4. The number of imidazole rings is 1. The molecule has 152 valence electrons. The van der Waals surface area contributed by atoms with E-state index in [4.69, 9.17) is 4.74 Å². The van der Waals surface area contributed by atoms with E-state index in [1.807, 2.05) is 9.47 Å². The molecule has 2 aliphatic heterocycles. The third kappa shape index (κ3) is 3.74. The summed E-state index contributed by atoms with van der Waals surface area (Å²) in [6.07, 6.45) is 4.64. The maximum Gasteiger partial charge on any atom is 0.337 e. The number of ether oxygens (including phenoxy) is 1. The van der Waals surface area contributed by atoms with Crippen LogP contribution in [0.15, 0.2) is 24.3 Å². The average molecular weight is 396 g/mol. The predicted molar refractivity (Wildman–Crippen MR) is 106 cm³/mol. The molecule has 29 heavy (non-hydrogen) atoms. The minimum absolute atomic E-state index is 0.0996. The summed E-state index contributed by atoms with van der Waals surface area (Å²) >= 11 is 0. The van der Waals surface area contributed by atoms with Gasteiger partial charge in [0.05, 0.1) is 18.4 Å². The van der Waals surface area contributed by atoms with E-state index in [9.17, 15) is 14.4 Å². The number of anilines is 1. The first-order valence-electron chi connectivity index (χ1n) is 9.97. The van der Waals surface area contributed by atoms with Crippen molar-refractivity contribution in [3.63, 3.8) is 0 Å². The molecule has 8 heteroatoms. The molecule has 0 atom stereocenters. The molecule has 0 saturated carbocycles. The molecule has 0 radical (unpaired) electrons. The second-order valence-electron chi connectivity index (χ2n) is 7.37. The highest BCUT2D eigenvalue weighted by Crippen LogP contribution is 2.24. The molecule has 2 aromatic rings. The van der Waals surface area contributed by atoms with Crippen LogP contribution in [-0.2, 0) is 17.7 Å². The fourth-order valence-electron chi connectivity index (χ4n) is 3.98. The summed E-state index contributed by atoms with van der Waals surface area (Å²) in [4.78, 5) is 43.9. The average Bonchev–Trinajstić information content (AvgIpc) is 3.41. The Morgan fingerprint density at radius 1 is 1.07 bits per heavy atom. The van der Waals surface area contributed by atoms with Crippen molar-refractivity contribution < 1.29 is 19.1 Å². The first-order valence-corrected chi connectivity index (χ1v) is 9.97. The molecule has 1 N–H and O–H groups in total. The van der Waals surface area contributed by atoms with Gasteiger partial charge in [-0.05, 0) is 50.3 Å². The second kappa shape index (κ2) is 8.06. The number of nitrogens with one attached hydrogen (secondary N) is 1. The Balaban J connectivity index is 1.62. The number of methoxy groups -OCH3 is 1. The van der Waals surface area contributed by atoms with Crippen molar-refractivity contribution in [3.05, 3.63) is 47.0 Å². The van der Waals surface area contributed by atoms with E-state index < -0.39 is 5.97 Å². The second-order valence-corrected chi connectivity index (χ2v) is 7.37. The Hall–Kier alpha value is -3.16. The van der Waals surface area contributed by atoms with Gasteiger partial charge in [-0.15, -0.1) is 0 Å². The fraction of sp³-hybridized carbons (Fsp3) is 0.429. The number of carbonyl (C=O) groups is 3. The molecule has 0 spiro atoms. The predicted octanol–water partition coefficient (Wildman–Crippen LogP) is 2.49. The lowest BCUT2D eigenvalue weighted by molar-refractivity contribution is 0.0600. The van der Waals surface area contributed by atoms with E-state index in [0.717, 1.165) is 44.5 Å². The number of likely N-dealkylation sites (tertiary alicyclic amines) is 1. The van der Waals surface area contributed by atoms with Gasteiger partial charge in [0, 0.05) is 25.3 Å². The molecule has 1 saturated heterocycles. The molecule has 1 aromatic heterocycles. The highest BCUT2D eigenvalue weighted by atomic mass is 16.5. The lowest BCUT2D eigenvalue weighted by Crippen LogP contribution is -2.31. The van der Waals surface area contributed by atoms with Gasteiger partial charge in [-0.2, -0.15) is 0 Å². The zero-order chi connectivity index (χ0) is 20.4. The first-order chi connectivity index (χ1) is 14.1. The third-order valence-corrected chi connectivity index (χ3v) is 5.46. The van der Waals surface area contributed by atoms with Crippen molar-refractivity contribution in [2.75, 3.05) is 25.5 Å². The normalized spacial score (nSPS) is 15.7. The van der Waals surface area contributed by atoms with E-state index >= 15 is 0 Å². The Morgan fingerprint density at radius 2 is 1.83 bits per heavy atom. The first kappa shape index (κ1) is 19.2. The van der Waals surface area contributed by atoms with Gasteiger partial charge in [0.25, 0.3) is 11.8 Å². The van der Waals surface area contributed by atoms with Crippen molar-refractivity contribution >= 4 is 23.5 Å². The van der Waals surface area contributed by atoms with Gasteiger partial charge in [0.2, 0.25) is 0 Å². The fourth-order valence-corrected chi connectivity index (χ4v) is 3.98. The van der Waals surface area contributed by atoms with Crippen molar-refractivity contribution in [3.8, 4) is 0 Å². The summed E-state index contributed by atoms with van der Waals surface area (Å²) in [5.41, 5.74) is 1.92. The quantitative estimate of drug-likeness (QED) is 0.802. The molecule has 8 nitrogen and oxygen atoms in total. The number of nitrogens with zero attached hydrogens (tertiary/aromatic N) is 3. The number of esters is 1. The van der Waals surface area contributed by atoms with Crippen molar-refractivity contribution in [1.29, 1.82) is 0 Å². The third-order valence-electron chi connectivity index (χ3n) is 5.46. The van der Waals surface area contributed by atoms with Gasteiger partial charge in [-0.25, -0.2) is 9.78 Å². The van der Waals surface area contributed by atoms with E-state index in [-0.39, 0.29) is 17.5 Å². The number of hydrogen-bond donors (Lipinski definition) is 1. The lowest BCUT2D eigenvalue weighted by atomic mass is 10.1. The number of rotatable bonds is 4. The summed E-state index contributed by atoms with van der Waals surface area (Å²) in [7, 11) is 1.31. The van der Waals surface area contributed by atoms with Crippen LogP contribution in [0.5, 0.6) is 0 Å². The maximum atomic E-state index is 13.0. The number of aromatic nitrogens is 2. The van der Waals surface area contributed by atoms with E-state index in [1.54, 1.807) is 24.3 Å². The highest BCUT2D eigenvalue weighted by molar-refractivity contribution is 6.05. The Kier molecular flexibility index (Phi) is 5.33. The number of hydrogen-bond acceptors (Lipinski definition) is 5. The molecular weight excluding hydrogens is 372 g/mol. The zero-order valence-electron chi connectivity index (χ0n) is 16.4. The summed E-state index contributed by atoms with van der Waals surface area (Å²) in [5, 5.41) is 2.80. The van der Waals surface area contributed by atoms with Gasteiger partial charge < -0.3 is 19.5 Å². The molecule has 4 rings (SSSR count). The molecule has 2 amide bonds. The molecule has 1 fully saturated rings. The summed E-state index contributed by atoms with van der Waals surface area (Å²) in [6.45, 7) is 2.17. The zero-order valence-corrected chi connectivity index (χ0v) is 16.4. The molecule has 3 heterocycles. The standard InChI is InChI=1S/C21H24N4O4/c1-29-21(28)14-7-6-8-15(13-14)22-19(26)17-16-9-2-3-12-25(16)18(23-17)20(27)24-10-4-5-11-24/h6-8,13H,2-5,9-12H2,1H3,(H,22,26). The monoisotopic (exact) mass is 396 g/mol. The van der Waals surface area contributed by atoms with Gasteiger partial charge in [-0.1, -0.05) is 6.07 Å². The van der Waals surface area contributed by atoms with Crippen LogP contribution in [0.25, 0.3) is 0 Å². The van der Waals surface area contributed by atoms with Crippen LogP contribution in [-0.4, -0.2) is 52.4 Å². The Morgan fingerprint density at radius 3 is 2.59 bits per heavy atom. The van der Waals surface area contributed by atoms with Gasteiger partial charge in [0.15, 0.2) is 11.5 Å². The molecule has 0 aliphatic carbocycles. The smallest absolute Gasteiger partial charge is 0.337 e. The van der Waals surface area contributed by atoms with Crippen LogP contribution >= 0.6 is 0 Å². The largest absolute Gasteiger partial charge is 0.465 e. The van der Waals surface area contributed by atoms with Gasteiger partial charge >= 0.3 is 5.97 Å². The van der Waals surface area contributed by atoms with Crippen LogP contribution in [0, 0.1) is 0 Å². The van der Waals surface area contributed by atoms with Crippen LogP contribution in [0.2, 0.25) is 0 Å². The van der Waals surface area contributed by atoms with Crippen molar-refractivity contribution in [2.24, 2.45) is 0 Å². The number of fused-ring (bicyclic) bond motifs is 1. The van der Waals surface area contributed by atoms with Crippen LogP contribution in [0.4, 0.5) is 5.69 Å². The molecule has 0 bridgehead atoms. The number of benzene rings is 1. The molecule has 0 unspecified atom stereocenters. The number of amides is 2. The van der Waals surface area contributed by atoms with Crippen LogP contribution in [0.3, 0.4) is 0 Å². The van der Waals surface area contributed by atoms with Gasteiger partial charge in [-0.3, -0.25) is 9.59 Å². The number of carbonyl (C=O) groups excluding carboxylic acids is 3. The molecule has 1 aromatic carbocycles. The minimum atomic E-state index is -0.473. The Labute approximate surface area is 168 Å². The summed E-state index contributed by atoms with van der Waals surface area (Å²) in [5.74, 6) is -0.593. The SMILES string of the molecule is COC(=O)c1cccc(NC(=O)c2nc(C(=O)N3CCCC3)n3c2CCCC3)c1. The van der Waals surface area contributed by atoms with Gasteiger partial charge in [0.1, 0.15) is 0 Å². The maximum absolute atomic E-state index is 13.0. The Bertz CT molecular complexity index is 960. The van der Waals surface area contributed by atoms with Crippen molar-refractivity contribution in [2.45, 2.75) is 38.6 Å². The van der Waals surface area contributed by atoms with Crippen LogP contribution < -0.4 is 5.32 Å². The lowest BCUT2D eigenvalue weighted by Gasteiger charge is -2.19. The van der Waals surface area contributed by atoms with E-state index in [1.165, 1.54) is 7.11 Å². The molecule has 2 aliphatic rings. The highest BCUT2D eigenvalue weighted by Gasteiger charge is 2.30. The topological polar surface area (TPSA) is 93.5 Å². The van der Waals surface area contributed by atoms with Crippen LogP contribution in [0.1, 0.15) is 62.8 Å². The minimum Gasteiger partial charge on any atom is -0.465 e.